The third-order valence-electron chi connectivity index (χ3n) is 3.64. The summed E-state index contributed by atoms with van der Waals surface area (Å²) in [5.41, 5.74) is -0.449. The number of hydrogen-bond acceptors (Lipinski definition) is 6. The van der Waals surface area contributed by atoms with Crippen molar-refractivity contribution in [3.05, 3.63) is 23.8 Å². The van der Waals surface area contributed by atoms with Crippen molar-refractivity contribution in [1.29, 1.82) is 0 Å². The van der Waals surface area contributed by atoms with E-state index in [4.69, 9.17) is 9.47 Å². The van der Waals surface area contributed by atoms with Crippen LogP contribution in [0.1, 0.15) is 5.56 Å². The van der Waals surface area contributed by atoms with Crippen LogP contribution < -0.4 is 14.8 Å². The van der Waals surface area contributed by atoms with Crippen molar-refractivity contribution in [3.8, 4) is 11.5 Å². The van der Waals surface area contributed by atoms with Gasteiger partial charge in [0.1, 0.15) is 6.10 Å². The molecule has 1 aliphatic rings. The molecule has 0 saturated carbocycles. The highest BCUT2D eigenvalue weighted by Gasteiger charge is 2.48. The second-order valence-corrected chi connectivity index (χ2v) is 4.59. The van der Waals surface area contributed by atoms with Gasteiger partial charge in [0, 0.05) is 6.54 Å². The summed E-state index contributed by atoms with van der Waals surface area (Å²) in [6.45, 7) is -0.114. The number of rotatable bonds is 4. The highest BCUT2D eigenvalue weighted by atomic mass is 16.5. The zero-order valence-electron chi connectivity index (χ0n) is 11.0. The van der Waals surface area contributed by atoms with Crippen LogP contribution in [0, 0.1) is 0 Å². The minimum Gasteiger partial charge on any atom is -0.493 e. The maximum Gasteiger partial charge on any atom is 0.161 e. The van der Waals surface area contributed by atoms with Crippen molar-refractivity contribution in [2.45, 2.75) is 17.7 Å². The quantitative estimate of drug-likeness (QED) is 0.573. The molecule has 19 heavy (non-hydrogen) atoms. The molecular formula is C13H19NO5. The van der Waals surface area contributed by atoms with Gasteiger partial charge < -0.3 is 30.1 Å². The van der Waals surface area contributed by atoms with E-state index in [9.17, 15) is 15.3 Å². The molecule has 2 rings (SSSR count). The van der Waals surface area contributed by atoms with E-state index in [1.807, 2.05) is 0 Å². The summed E-state index contributed by atoms with van der Waals surface area (Å²) in [7, 11) is 3.05. The van der Waals surface area contributed by atoms with Crippen LogP contribution in [0.2, 0.25) is 0 Å². The first kappa shape index (κ1) is 14.1. The molecule has 0 radical (unpaired) electrons. The van der Waals surface area contributed by atoms with Gasteiger partial charge in [0.2, 0.25) is 0 Å². The predicted molar refractivity (Wildman–Crippen MR) is 68.3 cm³/mol. The van der Waals surface area contributed by atoms with Crippen LogP contribution in [0.3, 0.4) is 0 Å². The molecule has 4 N–H and O–H groups in total. The zero-order valence-corrected chi connectivity index (χ0v) is 11.0. The number of ether oxygens (including phenoxy) is 2. The lowest BCUT2D eigenvalue weighted by molar-refractivity contribution is -0.0111. The summed E-state index contributed by atoms with van der Waals surface area (Å²) < 4.78 is 10.4. The van der Waals surface area contributed by atoms with E-state index >= 15 is 0 Å². The van der Waals surface area contributed by atoms with Crippen LogP contribution in [-0.4, -0.2) is 54.9 Å². The number of hydrogen-bond donors (Lipinski definition) is 4. The average molecular weight is 269 g/mol. The fourth-order valence-electron chi connectivity index (χ4n) is 2.46. The molecule has 1 aromatic rings. The van der Waals surface area contributed by atoms with Crippen molar-refractivity contribution < 1.29 is 24.8 Å². The second kappa shape index (κ2) is 5.34. The van der Waals surface area contributed by atoms with Crippen LogP contribution in [0.15, 0.2) is 18.2 Å². The van der Waals surface area contributed by atoms with Crippen molar-refractivity contribution in [2.75, 3.05) is 27.4 Å². The summed E-state index contributed by atoms with van der Waals surface area (Å²) in [6.07, 6.45) is -2.00. The molecule has 0 aromatic heterocycles. The van der Waals surface area contributed by atoms with Crippen molar-refractivity contribution in [1.82, 2.24) is 5.32 Å². The number of β-amino-alcohol motifs (C(OH)–C–C–N with tert-alkyl or cyclic N) is 1. The van der Waals surface area contributed by atoms with Crippen LogP contribution in [0.25, 0.3) is 0 Å². The first-order valence-electron chi connectivity index (χ1n) is 6.03. The molecule has 0 aliphatic carbocycles. The first-order valence-corrected chi connectivity index (χ1v) is 6.03. The fraction of sp³-hybridized carbons (Fsp3) is 0.538. The molecule has 3 atom stereocenters. The average Bonchev–Trinajstić information content (AvgIpc) is 2.75. The molecule has 6 heteroatoms. The molecule has 1 heterocycles. The van der Waals surface area contributed by atoms with Gasteiger partial charge in [-0.05, 0) is 17.7 Å². The van der Waals surface area contributed by atoms with Gasteiger partial charge in [0.05, 0.1) is 32.5 Å². The van der Waals surface area contributed by atoms with E-state index in [1.165, 1.54) is 14.2 Å². The Bertz CT molecular complexity index is 453. The van der Waals surface area contributed by atoms with Gasteiger partial charge in [-0.15, -0.1) is 0 Å². The number of benzene rings is 1. The summed E-state index contributed by atoms with van der Waals surface area (Å²) >= 11 is 0. The van der Waals surface area contributed by atoms with Crippen LogP contribution in [0.4, 0.5) is 0 Å². The molecule has 0 unspecified atom stereocenters. The molecule has 1 saturated heterocycles. The standard InChI is InChI=1S/C13H19NO5/c1-18-10-4-3-8(5-11(10)19-2)13(7-15)12(17)9(16)6-14-13/h3-5,9,12,14-17H,6-7H2,1-2H3/t9-,12+,13+/m0/s1. The number of methoxy groups -OCH3 is 2. The monoisotopic (exact) mass is 269 g/mol. The lowest BCUT2D eigenvalue weighted by atomic mass is 9.86. The molecule has 1 fully saturated rings. The molecule has 6 nitrogen and oxygen atoms in total. The highest BCUT2D eigenvalue weighted by Crippen LogP contribution is 2.36. The SMILES string of the molecule is COc1ccc([C@@]2(CO)NC[C@H](O)[C@H]2O)cc1OC. The van der Waals surface area contributed by atoms with E-state index in [-0.39, 0.29) is 13.2 Å². The van der Waals surface area contributed by atoms with E-state index < -0.39 is 17.7 Å². The van der Waals surface area contributed by atoms with E-state index in [0.29, 0.717) is 17.1 Å². The molecule has 0 bridgehead atoms. The minimum absolute atomic E-state index is 0.218. The Morgan fingerprint density at radius 1 is 1.26 bits per heavy atom. The molecule has 106 valence electrons. The summed E-state index contributed by atoms with van der Waals surface area (Å²) in [5.74, 6) is 1.07. The Labute approximate surface area is 111 Å². The third-order valence-corrected chi connectivity index (χ3v) is 3.64. The van der Waals surface area contributed by atoms with Gasteiger partial charge in [-0.1, -0.05) is 6.07 Å². The van der Waals surface area contributed by atoms with Gasteiger partial charge >= 0.3 is 0 Å². The molecule has 1 aromatic carbocycles. The Hall–Kier alpha value is -1.34. The normalized spacial score (nSPS) is 30.4. The molecular weight excluding hydrogens is 250 g/mol. The fourth-order valence-corrected chi connectivity index (χ4v) is 2.46. The smallest absolute Gasteiger partial charge is 0.161 e. The first-order chi connectivity index (χ1) is 9.08. The van der Waals surface area contributed by atoms with Gasteiger partial charge in [-0.25, -0.2) is 0 Å². The third kappa shape index (κ3) is 2.17. The Morgan fingerprint density at radius 3 is 2.42 bits per heavy atom. The number of nitrogens with one attached hydrogen (secondary N) is 1. The summed E-state index contributed by atoms with van der Waals surface area (Å²) in [5, 5.41) is 32.4. The largest absolute Gasteiger partial charge is 0.493 e. The molecule has 1 aliphatic heterocycles. The van der Waals surface area contributed by atoms with Gasteiger partial charge in [-0.2, -0.15) is 0 Å². The maximum atomic E-state index is 10.1. The van der Waals surface area contributed by atoms with Crippen molar-refractivity contribution >= 4 is 0 Å². The molecule has 0 amide bonds. The van der Waals surface area contributed by atoms with E-state index in [1.54, 1.807) is 18.2 Å². The van der Waals surface area contributed by atoms with Crippen molar-refractivity contribution in [3.63, 3.8) is 0 Å². The summed E-state index contributed by atoms with van der Waals surface area (Å²) in [4.78, 5) is 0. The Balaban J connectivity index is 2.45. The van der Waals surface area contributed by atoms with Gasteiger partial charge in [0.25, 0.3) is 0 Å². The number of aliphatic hydroxyl groups is 3. The predicted octanol–water partition coefficient (Wildman–Crippen LogP) is -0.784. The van der Waals surface area contributed by atoms with Gasteiger partial charge in [0.15, 0.2) is 11.5 Å². The van der Waals surface area contributed by atoms with Crippen LogP contribution in [-0.2, 0) is 5.54 Å². The number of aliphatic hydroxyl groups excluding tert-OH is 3. The lowest BCUT2D eigenvalue weighted by Gasteiger charge is -2.32. The topological polar surface area (TPSA) is 91.2 Å². The van der Waals surface area contributed by atoms with E-state index in [0.717, 1.165) is 0 Å². The Morgan fingerprint density at radius 2 is 1.95 bits per heavy atom. The van der Waals surface area contributed by atoms with Crippen LogP contribution >= 0.6 is 0 Å². The Kier molecular flexibility index (Phi) is 3.96. The zero-order chi connectivity index (χ0) is 14.0. The highest BCUT2D eigenvalue weighted by molar-refractivity contribution is 5.46. The summed E-state index contributed by atoms with van der Waals surface area (Å²) in [6, 6.07) is 5.11. The van der Waals surface area contributed by atoms with Crippen molar-refractivity contribution in [2.24, 2.45) is 0 Å². The molecule has 0 spiro atoms. The van der Waals surface area contributed by atoms with Crippen LogP contribution in [0.5, 0.6) is 11.5 Å². The second-order valence-electron chi connectivity index (χ2n) is 4.59. The maximum absolute atomic E-state index is 10.1. The minimum atomic E-state index is -1.09. The lowest BCUT2D eigenvalue weighted by Crippen LogP contribution is -2.49. The van der Waals surface area contributed by atoms with E-state index in [2.05, 4.69) is 5.32 Å². The van der Waals surface area contributed by atoms with Gasteiger partial charge in [-0.3, -0.25) is 0 Å².